The number of carbonyl (C=O) groups is 2. The number of rotatable bonds is 4. The van der Waals surface area contributed by atoms with Gasteiger partial charge in [0, 0.05) is 32.0 Å². The van der Waals surface area contributed by atoms with E-state index in [1.54, 1.807) is 6.20 Å². The highest BCUT2D eigenvalue weighted by Crippen LogP contribution is 2.21. The van der Waals surface area contributed by atoms with Crippen molar-refractivity contribution in [1.82, 2.24) is 14.8 Å². The third-order valence-corrected chi connectivity index (χ3v) is 4.75. The summed E-state index contributed by atoms with van der Waals surface area (Å²) >= 11 is 0. The van der Waals surface area contributed by atoms with E-state index in [2.05, 4.69) is 11.1 Å². The Morgan fingerprint density at radius 1 is 1.33 bits per heavy atom. The third kappa shape index (κ3) is 4.00. The molecule has 1 unspecified atom stereocenters. The van der Waals surface area contributed by atoms with E-state index in [9.17, 15) is 9.59 Å². The highest BCUT2D eigenvalue weighted by atomic mass is 16.4. The van der Waals surface area contributed by atoms with Crippen LogP contribution in [0, 0.1) is 5.92 Å². The van der Waals surface area contributed by atoms with Crippen LogP contribution in [0.3, 0.4) is 0 Å². The van der Waals surface area contributed by atoms with Crippen LogP contribution in [0.5, 0.6) is 0 Å². The maximum Gasteiger partial charge on any atom is 0.307 e. The van der Waals surface area contributed by atoms with Crippen molar-refractivity contribution >= 4 is 17.4 Å². The zero-order valence-corrected chi connectivity index (χ0v) is 13.7. The molecule has 0 bridgehead atoms. The Kier molecular flexibility index (Phi) is 5.25. The second kappa shape index (κ2) is 7.57. The minimum Gasteiger partial charge on any atom is -0.481 e. The smallest absolute Gasteiger partial charge is 0.307 e. The lowest BCUT2D eigenvalue weighted by Gasteiger charge is -2.33. The van der Waals surface area contributed by atoms with Crippen LogP contribution in [-0.2, 0) is 9.59 Å². The van der Waals surface area contributed by atoms with Gasteiger partial charge in [0.2, 0.25) is 5.91 Å². The monoisotopic (exact) mass is 329 g/mol. The van der Waals surface area contributed by atoms with Crippen molar-refractivity contribution in [2.24, 2.45) is 5.92 Å². The Hall–Kier alpha value is -2.21. The largest absolute Gasteiger partial charge is 0.481 e. The first kappa shape index (κ1) is 16.6. The van der Waals surface area contributed by atoms with Gasteiger partial charge in [-0.25, -0.2) is 0 Å². The predicted molar refractivity (Wildman–Crippen MR) is 90.2 cm³/mol. The van der Waals surface area contributed by atoms with Gasteiger partial charge in [-0.15, -0.1) is 0 Å². The van der Waals surface area contributed by atoms with Crippen molar-refractivity contribution in [3.8, 4) is 0 Å². The van der Waals surface area contributed by atoms with E-state index < -0.39 is 5.97 Å². The molecule has 1 aromatic rings. The van der Waals surface area contributed by atoms with Gasteiger partial charge >= 0.3 is 5.97 Å². The number of hydrogen-bond acceptors (Lipinski definition) is 4. The molecule has 0 saturated carbocycles. The summed E-state index contributed by atoms with van der Waals surface area (Å²) in [5.74, 6) is -1.03. The molecule has 0 aliphatic carbocycles. The zero-order valence-electron chi connectivity index (χ0n) is 13.7. The fourth-order valence-electron chi connectivity index (χ4n) is 3.41. The molecule has 128 valence electrons. The van der Waals surface area contributed by atoms with Crippen LogP contribution in [-0.4, -0.2) is 64.5 Å². The second-order valence-electron chi connectivity index (χ2n) is 6.49. The summed E-state index contributed by atoms with van der Waals surface area (Å²) in [4.78, 5) is 31.8. The van der Waals surface area contributed by atoms with Crippen molar-refractivity contribution in [2.45, 2.75) is 19.3 Å². The molecular formula is C18H23N3O3. The van der Waals surface area contributed by atoms with Crippen LogP contribution >= 0.6 is 0 Å². The van der Waals surface area contributed by atoms with Crippen molar-refractivity contribution in [2.75, 3.05) is 32.7 Å². The fourth-order valence-corrected chi connectivity index (χ4v) is 3.41. The summed E-state index contributed by atoms with van der Waals surface area (Å²) in [5.41, 5.74) is 2.18. The lowest BCUT2D eigenvalue weighted by molar-refractivity contribution is -0.144. The molecule has 3 heterocycles. The number of likely N-dealkylation sites (tertiary alicyclic amines) is 1. The van der Waals surface area contributed by atoms with Crippen LogP contribution in [0.4, 0.5) is 0 Å². The lowest BCUT2D eigenvalue weighted by Crippen LogP contribution is -2.46. The molecule has 3 rings (SSSR count). The fraction of sp³-hybridized carbons (Fsp3) is 0.500. The van der Waals surface area contributed by atoms with Gasteiger partial charge in [0.05, 0.1) is 12.5 Å². The Balaban J connectivity index is 1.58. The standard InChI is InChI=1S/C18H23N3O3/c22-17(13-20-8-2-6-16(11-20)18(23)24)21-9-3-5-15(12-21)14-4-1-7-19-10-14/h1,4-5,7,10,16H,2-3,6,8-9,11-13H2,(H,23,24). The molecule has 0 spiro atoms. The topological polar surface area (TPSA) is 73.7 Å². The molecule has 0 radical (unpaired) electrons. The number of carbonyl (C=O) groups excluding carboxylic acids is 1. The van der Waals surface area contributed by atoms with Gasteiger partial charge < -0.3 is 10.0 Å². The van der Waals surface area contributed by atoms with Crippen LogP contribution < -0.4 is 0 Å². The second-order valence-corrected chi connectivity index (χ2v) is 6.49. The first-order valence-electron chi connectivity index (χ1n) is 8.46. The van der Waals surface area contributed by atoms with Crippen LogP contribution in [0.2, 0.25) is 0 Å². The number of aliphatic carboxylic acids is 1. The van der Waals surface area contributed by atoms with E-state index in [0.29, 0.717) is 26.1 Å². The van der Waals surface area contributed by atoms with E-state index in [-0.39, 0.29) is 11.8 Å². The quantitative estimate of drug-likeness (QED) is 0.906. The maximum atomic E-state index is 12.6. The number of amides is 1. The molecule has 1 amide bonds. The van der Waals surface area contributed by atoms with E-state index in [1.807, 2.05) is 28.1 Å². The zero-order chi connectivity index (χ0) is 16.9. The van der Waals surface area contributed by atoms with Crippen LogP contribution in [0.25, 0.3) is 5.57 Å². The summed E-state index contributed by atoms with van der Waals surface area (Å²) in [6.07, 6.45) is 8.12. The Bertz CT molecular complexity index is 630. The van der Waals surface area contributed by atoms with E-state index in [4.69, 9.17) is 5.11 Å². The summed E-state index contributed by atoms with van der Waals surface area (Å²) in [6, 6.07) is 3.91. The first-order valence-corrected chi connectivity index (χ1v) is 8.46. The molecular weight excluding hydrogens is 306 g/mol. The maximum absolute atomic E-state index is 12.6. The van der Waals surface area contributed by atoms with Gasteiger partial charge in [-0.2, -0.15) is 0 Å². The molecule has 1 fully saturated rings. The predicted octanol–water partition coefficient (Wildman–Crippen LogP) is 1.49. The number of carboxylic acid groups (broad SMARTS) is 1. The number of nitrogens with zero attached hydrogens (tertiary/aromatic N) is 3. The van der Waals surface area contributed by atoms with Gasteiger partial charge in [0.1, 0.15) is 0 Å². The van der Waals surface area contributed by atoms with E-state index >= 15 is 0 Å². The summed E-state index contributed by atoms with van der Waals surface area (Å²) < 4.78 is 0. The van der Waals surface area contributed by atoms with Crippen LogP contribution in [0.1, 0.15) is 24.8 Å². The van der Waals surface area contributed by atoms with Gasteiger partial charge in [-0.3, -0.25) is 19.5 Å². The number of pyridine rings is 1. The first-order chi connectivity index (χ1) is 11.6. The number of piperidine rings is 1. The van der Waals surface area contributed by atoms with Crippen molar-refractivity contribution in [3.63, 3.8) is 0 Å². The normalized spacial score (nSPS) is 22.1. The minimum absolute atomic E-state index is 0.0792. The van der Waals surface area contributed by atoms with E-state index in [1.165, 1.54) is 0 Å². The summed E-state index contributed by atoms with van der Waals surface area (Å²) in [5, 5.41) is 9.16. The molecule has 1 saturated heterocycles. The van der Waals surface area contributed by atoms with Gasteiger partial charge in [-0.05, 0) is 43.0 Å². The average molecular weight is 329 g/mol. The van der Waals surface area contributed by atoms with Gasteiger partial charge in [0.25, 0.3) is 0 Å². The molecule has 1 atom stereocenters. The Morgan fingerprint density at radius 3 is 2.96 bits per heavy atom. The lowest BCUT2D eigenvalue weighted by atomic mass is 9.98. The molecule has 2 aliphatic rings. The van der Waals surface area contributed by atoms with Crippen molar-refractivity contribution < 1.29 is 14.7 Å². The molecule has 0 aromatic carbocycles. The third-order valence-electron chi connectivity index (χ3n) is 4.75. The van der Waals surface area contributed by atoms with Gasteiger partial charge in [0.15, 0.2) is 0 Å². The molecule has 24 heavy (non-hydrogen) atoms. The number of carboxylic acids is 1. The highest BCUT2D eigenvalue weighted by Gasteiger charge is 2.28. The number of aromatic nitrogens is 1. The van der Waals surface area contributed by atoms with Crippen LogP contribution in [0.15, 0.2) is 30.6 Å². The van der Waals surface area contributed by atoms with E-state index in [0.717, 1.165) is 37.1 Å². The summed E-state index contributed by atoms with van der Waals surface area (Å²) in [6.45, 7) is 2.90. The summed E-state index contributed by atoms with van der Waals surface area (Å²) in [7, 11) is 0. The average Bonchev–Trinajstić information content (AvgIpc) is 2.63. The Labute approximate surface area is 141 Å². The number of hydrogen-bond donors (Lipinski definition) is 1. The van der Waals surface area contributed by atoms with Crippen molar-refractivity contribution in [3.05, 3.63) is 36.2 Å². The van der Waals surface area contributed by atoms with Crippen molar-refractivity contribution in [1.29, 1.82) is 0 Å². The minimum atomic E-state index is -0.757. The highest BCUT2D eigenvalue weighted by molar-refractivity contribution is 5.81. The SMILES string of the molecule is O=C(O)C1CCCN(CC(=O)N2CCC=C(c3cccnc3)C2)C1. The van der Waals surface area contributed by atoms with Gasteiger partial charge in [-0.1, -0.05) is 12.1 Å². The molecule has 1 N–H and O–H groups in total. The molecule has 6 heteroatoms. The molecule has 6 nitrogen and oxygen atoms in total. The molecule has 2 aliphatic heterocycles. The Morgan fingerprint density at radius 2 is 2.21 bits per heavy atom. The molecule has 1 aromatic heterocycles.